The maximum Gasteiger partial charge on any atom is 0.0438 e. The van der Waals surface area contributed by atoms with Gasteiger partial charge in [-0.15, -0.1) is 0 Å². The average molecular weight is 274 g/mol. The number of hydrogen-bond acceptors (Lipinski definition) is 1. The van der Waals surface area contributed by atoms with Crippen LogP contribution < -0.4 is 5.32 Å². The molecule has 1 atom stereocenters. The summed E-state index contributed by atoms with van der Waals surface area (Å²) < 4.78 is 0. The minimum Gasteiger partial charge on any atom is -0.310 e. The lowest BCUT2D eigenvalue weighted by Crippen LogP contribution is -2.23. The van der Waals surface area contributed by atoms with E-state index in [1.165, 1.54) is 16.7 Å². The fourth-order valence-corrected chi connectivity index (χ4v) is 2.57. The van der Waals surface area contributed by atoms with Crippen molar-refractivity contribution in [3.63, 3.8) is 0 Å². The van der Waals surface area contributed by atoms with E-state index in [-0.39, 0.29) is 0 Å². The molecule has 0 aromatic heterocycles. The molecule has 0 radical (unpaired) electrons. The quantitative estimate of drug-likeness (QED) is 0.843. The molecule has 2 aromatic rings. The molecule has 19 heavy (non-hydrogen) atoms. The molecule has 0 fully saturated rings. The van der Waals surface area contributed by atoms with Crippen molar-refractivity contribution in [2.24, 2.45) is 0 Å². The third-order valence-corrected chi connectivity index (χ3v) is 3.83. The van der Waals surface area contributed by atoms with Crippen molar-refractivity contribution in [3.8, 4) is 0 Å². The lowest BCUT2D eigenvalue weighted by Gasteiger charge is -2.21. The molecule has 0 saturated carbocycles. The van der Waals surface area contributed by atoms with Gasteiger partial charge in [0, 0.05) is 11.1 Å². The van der Waals surface area contributed by atoms with Crippen LogP contribution in [0.3, 0.4) is 0 Å². The maximum absolute atomic E-state index is 6.23. The van der Waals surface area contributed by atoms with E-state index in [0.29, 0.717) is 6.04 Å². The van der Waals surface area contributed by atoms with Crippen LogP contribution in [0.4, 0.5) is 0 Å². The van der Waals surface area contributed by atoms with Crippen molar-refractivity contribution in [3.05, 3.63) is 70.2 Å². The number of benzene rings is 2. The van der Waals surface area contributed by atoms with Gasteiger partial charge in [-0.05, 0) is 42.6 Å². The Morgan fingerprint density at radius 3 is 2.47 bits per heavy atom. The number of halogens is 1. The molecule has 0 spiro atoms. The van der Waals surface area contributed by atoms with Crippen molar-refractivity contribution >= 4 is 11.6 Å². The van der Waals surface area contributed by atoms with Crippen molar-refractivity contribution in [1.82, 2.24) is 5.32 Å². The summed E-state index contributed by atoms with van der Waals surface area (Å²) in [6.45, 7) is 5.17. The number of rotatable bonds is 5. The maximum atomic E-state index is 6.23. The van der Waals surface area contributed by atoms with Gasteiger partial charge < -0.3 is 5.32 Å². The van der Waals surface area contributed by atoms with Gasteiger partial charge in [0.15, 0.2) is 0 Å². The van der Waals surface area contributed by atoms with E-state index in [2.05, 4.69) is 55.6 Å². The molecule has 0 heterocycles. The predicted octanol–water partition coefficient (Wildman–Crippen LogP) is 4.54. The summed E-state index contributed by atoms with van der Waals surface area (Å²) in [5.74, 6) is 0. The third-order valence-electron chi connectivity index (χ3n) is 3.42. The molecule has 1 unspecified atom stereocenters. The van der Waals surface area contributed by atoms with Crippen LogP contribution in [-0.2, 0) is 6.42 Å². The van der Waals surface area contributed by atoms with Crippen LogP contribution in [0, 0.1) is 6.92 Å². The largest absolute Gasteiger partial charge is 0.310 e. The summed E-state index contributed by atoms with van der Waals surface area (Å²) in [6, 6.07) is 17.0. The van der Waals surface area contributed by atoms with Crippen LogP contribution >= 0.6 is 11.6 Å². The summed E-state index contributed by atoms with van der Waals surface area (Å²) in [5, 5.41) is 4.40. The van der Waals surface area contributed by atoms with Crippen molar-refractivity contribution in [2.45, 2.75) is 26.3 Å². The Labute approximate surface area is 120 Å². The summed E-state index contributed by atoms with van der Waals surface area (Å²) in [6.07, 6.45) is 0.982. The highest BCUT2D eigenvalue weighted by Crippen LogP contribution is 2.26. The summed E-state index contributed by atoms with van der Waals surface area (Å²) >= 11 is 6.23. The smallest absolute Gasteiger partial charge is 0.0438 e. The summed E-state index contributed by atoms with van der Waals surface area (Å²) in [5.41, 5.74) is 3.80. The van der Waals surface area contributed by atoms with E-state index in [9.17, 15) is 0 Å². The SMILES string of the molecule is CCNC(Cc1ccccc1)c1cccc(Cl)c1C. The van der Waals surface area contributed by atoms with Crippen molar-refractivity contribution in [2.75, 3.05) is 6.54 Å². The lowest BCUT2D eigenvalue weighted by molar-refractivity contribution is 0.547. The van der Waals surface area contributed by atoms with Crippen LogP contribution in [0.5, 0.6) is 0 Å². The second-order valence-electron chi connectivity index (χ2n) is 4.75. The highest BCUT2D eigenvalue weighted by Gasteiger charge is 2.14. The molecule has 100 valence electrons. The zero-order chi connectivity index (χ0) is 13.7. The normalized spacial score (nSPS) is 12.4. The number of hydrogen-bond donors (Lipinski definition) is 1. The van der Waals surface area contributed by atoms with Crippen molar-refractivity contribution < 1.29 is 0 Å². The van der Waals surface area contributed by atoms with Crippen LogP contribution in [0.25, 0.3) is 0 Å². The van der Waals surface area contributed by atoms with E-state index in [4.69, 9.17) is 11.6 Å². The van der Waals surface area contributed by atoms with Crippen LogP contribution in [0.1, 0.15) is 29.7 Å². The third kappa shape index (κ3) is 3.59. The van der Waals surface area contributed by atoms with E-state index < -0.39 is 0 Å². The second-order valence-corrected chi connectivity index (χ2v) is 5.16. The van der Waals surface area contributed by atoms with Gasteiger partial charge in [-0.2, -0.15) is 0 Å². The Morgan fingerprint density at radius 1 is 1.05 bits per heavy atom. The first kappa shape index (κ1) is 14.1. The molecular formula is C17H20ClN. The van der Waals surface area contributed by atoms with Gasteiger partial charge >= 0.3 is 0 Å². The van der Waals surface area contributed by atoms with Crippen LogP contribution in [-0.4, -0.2) is 6.54 Å². The molecule has 0 bridgehead atoms. The molecule has 0 saturated heterocycles. The van der Waals surface area contributed by atoms with E-state index >= 15 is 0 Å². The Morgan fingerprint density at radius 2 is 1.79 bits per heavy atom. The highest BCUT2D eigenvalue weighted by molar-refractivity contribution is 6.31. The van der Waals surface area contributed by atoms with Crippen LogP contribution in [0.2, 0.25) is 5.02 Å². The standard InChI is InChI=1S/C17H20ClN/c1-3-19-17(12-14-8-5-4-6-9-14)15-10-7-11-16(18)13(15)2/h4-11,17,19H,3,12H2,1-2H3. The molecular weight excluding hydrogens is 254 g/mol. The fourth-order valence-electron chi connectivity index (χ4n) is 2.39. The summed E-state index contributed by atoms with van der Waals surface area (Å²) in [4.78, 5) is 0. The minimum atomic E-state index is 0.311. The first-order chi connectivity index (χ1) is 9.22. The number of nitrogens with one attached hydrogen (secondary N) is 1. The first-order valence-corrected chi connectivity index (χ1v) is 7.12. The zero-order valence-corrected chi connectivity index (χ0v) is 12.2. The molecule has 1 nitrogen and oxygen atoms in total. The lowest BCUT2D eigenvalue weighted by atomic mass is 9.95. The van der Waals surface area contributed by atoms with Gasteiger partial charge in [0.1, 0.15) is 0 Å². The topological polar surface area (TPSA) is 12.0 Å². The van der Waals surface area contributed by atoms with Gasteiger partial charge in [0.25, 0.3) is 0 Å². The Balaban J connectivity index is 2.27. The van der Waals surface area contributed by atoms with Gasteiger partial charge in [0.05, 0.1) is 0 Å². The minimum absolute atomic E-state index is 0.311. The van der Waals surface area contributed by atoms with E-state index in [1.54, 1.807) is 0 Å². The molecule has 1 N–H and O–H groups in total. The van der Waals surface area contributed by atoms with Gasteiger partial charge in [-0.25, -0.2) is 0 Å². The zero-order valence-electron chi connectivity index (χ0n) is 11.5. The van der Waals surface area contributed by atoms with E-state index in [0.717, 1.165) is 18.0 Å². The molecule has 2 rings (SSSR count). The predicted molar refractivity (Wildman–Crippen MR) is 82.8 cm³/mol. The Hall–Kier alpha value is -1.31. The molecule has 0 aliphatic rings. The first-order valence-electron chi connectivity index (χ1n) is 6.74. The van der Waals surface area contributed by atoms with Gasteiger partial charge in [-0.1, -0.05) is 61.0 Å². The number of likely N-dealkylation sites (N-methyl/N-ethyl adjacent to an activating group) is 1. The second kappa shape index (κ2) is 6.74. The molecule has 0 aliphatic carbocycles. The summed E-state index contributed by atoms with van der Waals surface area (Å²) in [7, 11) is 0. The average Bonchev–Trinajstić information content (AvgIpc) is 2.43. The molecule has 2 aromatic carbocycles. The molecule has 0 aliphatic heterocycles. The van der Waals surface area contributed by atoms with Gasteiger partial charge in [-0.3, -0.25) is 0 Å². The Kier molecular flexibility index (Phi) is 5.00. The highest BCUT2D eigenvalue weighted by atomic mass is 35.5. The monoisotopic (exact) mass is 273 g/mol. The molecule has 0 amide bonds. The molecule has 2 heteroatoms. The van der Waals surface area contributed by atoms with Gasteiger partial charge in [0.2, 0.25) is 0 Å². The van der Waals surface area contributed by atoms with E-state index in [1.807, 2.05) is 12.1 Å². The fraction of sp³-hybridized carbons (Fsp3) is 0.294. The van der Waals surface area contributed by atoms with Crippen LogP contribution in [0.15, 0.2) is 48.5 Å². The van der Waals surface area contributed by atoms with Crippen molar-refractivity contribution in [1.29, 1.82) is 0 Å². The Bertz CT molecular complexity index is 522.